The minimum absolute atomic E-state index is 0.00169. The minimum atomic E-state index is -0.446. The summed E-state index contributed by atoms with van der Waals surface area (Å²) in [5.41, 5.74) is 2.00. The van der Waals surface area contributed by atoms with Crippen LogP contribution in [0.15, 0.2) is 53.7 Å². The fourth-order valence-corrected chi connectivity index (χ4v) is 4.44. The zero-order chi connectivity index (χ0) is 24.1. The number of nitro groups is 1. The molecule has 2 aromatic heterocycles. The van der Waals surface area contributed by atoms with Gasteiger partial charge in [-0.15, -0.1) is 5.10 Å². The van der Waals surface area contributed by atoms with Gasteiger partial charge in [0, 0.05) is 43.3 Å². The van der Waals surface area contributed by atoms with E-state index in [4.69, 9.17) is 14.7 Å². The van der Waals surface area contributed by atoms with Crippen molar-refractivity contribution in [1.29, 1.82) is 0 Å². The largest absolute Gasteiger partial charge is 0.385 e. The normalized spacial score (nSPS) is 12.2. The second kappa shape index (κ2) is 10.6. The molecule has 4 aromatic rings. The number of carbonyl (C=O) groups is 1. The zero-order valence-corrected chi connectivity index (χ0v) is 19.6. The van der Waals surface area contributed by atoms with Gasteiger partial charge in [0.15, 0.2) is 16.6 Å². The van der Waals surface area contributed by atoms with Gasteiger partial charge in [0.1, 0.15) is 0 Å². The molecule has 0 aliphatic rings. The summed E-state index contributed by atoms with van der Waals surface area (Å²) in [7, 11) is 1.63. The van der Waals surface area contributed by atoms with Gasteiger partial charge in [-0.3, -0.25) is 14.9 Å². The van der Waals surface area contributed by atoms with Gasteiger partial charge in [-0.1, -0.05) is 30.8 Å². The molecule has 34 heavy (non-hydrogen) atoms. The summed E-state index contributed by atoms with van der Waals surface area (Å²) in [6, 6.07) is 13.7. The molecule has 0 saturated heterocycles. The van der Waals surface area contributed by atoms with E-state index in [0.29, 0.717) is 41.8 Å². The lowest BCUT2D eigenvalue weighted by atomic mass is 10.2. The number of nitro benzene ring substituents is 1. The molecule has 10 nitrogen and oxygen atoms in total. The number of rotatable bonds is 10. The van der Waals surface area contributed by atoms with Crippen LogP contribution in [0, 0.1) is 10.1 Å². The Kier molecular flexibility index (Phi) is 7.33. The second-order valence-corrected chi connectivity index (χ2v) is 8.71. The summed E-state index contributed by atoms with van der Waals surface area (Å²) in [4.78, 5) is 32.8. The lowest BCUT2D eigenvalue weighted by molar-refractivity contribution is -0.384. The predicted molar refractivity (Wildman–Crippen MR) is 130 cm³/mol. The maximum atomic E-state index is 12.8. The van der Waals surface area contributed by atoms with Crippen molar-refractivity contribution in [3.8, 4) is 11.4 Å². The molecule has 4 rings (SSSR count). The van der Waals surface area contributed by atoms with Crippen molar-refractivity contribution in [1.82, 2.24) is 24.9 Å². The number of ether oxygens (including phenoxy) is 1. The van der Waals surface area contributed by atoms with Crippen LogP contribution >= 0.6 is 11.8 Å². The lowest BCUT2D eigenvalue weighted by Crippen LogP contribution is -2.33. The molecule has 0 aliphatic carbocycles. The van der Waals surface area contributed by atoms with Crippen molar-refractivity contribution in [2.75, 3.05) is 20.3 Å². The molecule has 1 N–H and O–H groups in total. The molecule has 2 heterocycles. The van der Waals surface area contributed by atoms with Crippen LogP contribution in [0.5, 0.6) is 0 Å². The van der Waals surface area contributed by atoms with E-state index >= 15 is 0 Å². The highest BCUT2D eigenvalue weighted by Crippen LogP contribution is 2.30. The third-order valence-electron chi connectivity index (χ3n) is 5.22. The van der Waals surface area contributed by atoms with Gasteiger partial charge in [0.2, 0.25) is 5.91 Å². The summed E-state index contributed by atoms with van der Waals surface area (Å²) >= 11 is 1.34. The van der Waals surface area contributed by atoms with Crippen molar-refractivity contribution in [3.05, 3.63) is 58.6 Å². The maximum absolute atomic E-state index is 12.8. The van der Waals surface area contributed by atoms with E-state index in [1.807, 2.05) is 31.2 Å². The quantitative estimate of drug-likeness (QED) is 0.119. The van der Waals surface area contributed by atoms with Gasteiger partial charge in [-0.25, -0.2) is 9.97 Å². The first kappa shape index (κ1) is 23.6. The molecule has 2 aromatic carbocycles. The molecular formula is C23H24N6O4S. The fraction of sp³-hybridized carbons (Fsp3) is 0.304. The molecule has 0 radical (unpaired) electrons. The molecular weight excluding hydrogens is 456 g/mol. The Morgan fingerprint density at radius 2 is 1.97 bits per heavy atom. The summed E-state index contributed by atoms with van der Waals surface area (Å²) in [6.07, 6.45) is 1.35. The number of hydrogen-bond donors (Lipinski definition) is 1. The zero-order valence-electron chi connectivity index (χ0n) is 18.8. The maximum Gasteiger partial charge on any atom is 0.269 e. The number of nitrogens with one attached hydrogen (secondary N) is 1. The van der Waals surface area contributed by atoms with Crippen molar-refractivity contribution in [3.63, 3.8) is 0 Å². The number of aromatic nitrogens is 4. The monoisotopic (exact) mass is 480 g/mol. The lowest BCUT2D eigenvalue weighted by Gasteiger charge is -2.15. The average Bonchev–Trinajstić information content (AvgIpc) is 3.31. The average molecular weight is 481 g/mol. The van der Waals surface area contributed by atoms with Gasteiger partial charge in [-0.05, 0) is 37.1 Å². The Hall–Kier alpha value is -3.57. The van der Waals surface area contributed by atoms with Gasteiger partial charge in [-0.2, -0.15) is 4.52 Å². The number of amides is 1. The number of nitrogens with zero attached hydrogens (tertiary/aromatic N) is 5. The molecule has 1 amide bonds. The Balaban J connectivity index is 1.70. The number of hydrogen-bond acceptors (Lipinski definition) is 8. The number of benzene rings is 2. The van der Waals surface area contributed by atoms with Crippen LogP contribution < -0.4 is 5.32 Å². The smallest absolute Gasteiger partial charge is 0.269 e. The summed E-state index contributed by atoms with van der Waals surface area (Å²) in [6.45, 7) is 3.08. The van der Waals surface area contributed by atoms with Crippen LogP contribution in [0.4, 0.5) is 5.69 Å². The minimum Gasteiger partial charge on any atom is -0.385 e. The number of carbonyl (C=O) groups excluding carboxylic acids is 1. The third-order valence-corrected chi connectivity index (χ3v) is 6.53. The van der Waals surface area contributed by atoms with E-state index < -0.39 is 4.92 Å². The van der Waals surface area contributed by atoms with Gasteiger partial charge < -0.3 is 10.1 Å². The third kappa shape index (κ3) is 5.00. The van der Waals surface area contributed by atoms with Gasteiger partial charge in [0.25, 0.3) is 5.69 Å². The van der Waals surface area contributed by atoms with Crippen LogP contribution in [0.3, 0.4) is 0 Å². The molecule has 176 valence electrons. The molecule has 0 unspecified atom stereocenters. The summed E-state index contributed by atoms with van der Waals surface area (Å²) < 4.78 is 6.68. The highest BCUT2D eigenvalue weighted by atomic mass is 32.2. The Morgan fingerprint density at radius 1 is 1.21 bits per heavy atom. The molecule has 0 aliphatic heterocycles. The molecule has 0 spiro atoms. The summed E-state index contributed by atoms with van der Waals surface area (Å²) in [5, 5.41) is 19.6. The molecule has 0 bridgehead atoms. The van der Waals surface area contributed by atoms with Crippen molar-refractivity contribution >= 4 is 39.9 Å². The van der Waals surface area contributed by atoms with E-state index in [9.17, 15) is 14.9 Å². The van der Waals surface area contributed by atoms with Crippen LogP contribution in [-0.4, -0.2) is 55.9 Å². The van der Waals surface area contributed by atoms with Gasteiger partial charge >= 0.3 is 0 Å². The Bertz CT molecular complexity index is 1320. The number of non-ortho nitro benzene ring substituents is 1. The number of fused-ring (bicyclic) bond motifs is 3. The summed E-state index contributed by atoms with van der Waals surface area (Å²) in [5.74, 6) is 0.356. The number of thioether (sulfide) groups is 1. The van der Waals surface area contributed by atoms with E-state index in [1.165, 1.54) is 23.9 Å². The highest BCUT2D eigenvalue weighted by molar-refractivity contribution is 8.00. The molecule has 11 heteroatoms. The topological polar surface area (TPSA) is 125 Å². The SMILES string of the molecule is CC[C@@H](Sc1nc2ccccc2c2nc(-c3ccc([N+](=O)[O-])cc3)nn12)C(=O)NCCCOC. The van der Waals surface area contributed by atoms with Gasteiger partial charge in [0.05, 0.1) is 15.7 Å². The van der Waals surface area contributed by atoms with Crippen molar-refractivity contribution < 1.29 is 14.5 Å². The predicted octanol–water partition coefficient (Wildman–Crippen LogP) is 3.88. The highest BCUT2D eigenvalue weighted by Gasteiger charge is 2.22. The Morgan fingerprint density at radius 3 is 2.68 bits per heavy atom. The van der Waals surface area contributed by atoms with E-state index in [-0.39, 0.29) is 16.8 Å². The van der Waals surface area contributed by atoms with Crippen LogP contribution in [-0.2, 0) is 9.53 Å². The van der Waals surface area contributed by atoms with Crippen molar-refractivity contribution in [2.45, 2.75) is 30.2 Å². The van der Waals surface area contributed by atoms with Crippen LogP contribution in [0.1, 0.15) is 19.8 Å². The molecule has 0 saturated carbocycles. The van der Waals surface area contributed by atoms with Crippen LogP contribution in [0.25, 0.3) is 27.9 Å². The van der Waals surface area contributed by atoms with E-state index in [1.54, 1.807) is 23.8 Å². The number of methoxy groups -OCH3 is 1. The first-order valence-electron chi connectivity index (χ1n) is 10.9. The van der Waals surface area contributed by atoms with Crippen LogP contribution in [0.2, 0.25) is 0 Å². The first-order valence-corrected chi connectivity index (χ1v) is 11.7. The fourth-order valence-electron chi connectivity index (χ4n) is 3.45. The molecule has 1 atom stereocenters. The first-order chi connectivity index (χ1) is 16.5. The Labute approximate surface area is 199 Å². The van der Waals surface area contributed by atoms with E-state index in [0.717, 1.165) is 17.3 Å². The standard InChI is InChI=1S/C23H24N6O4S/c1-3-19(22(30)24-13-6-14-33-2)34-23-25-18-8-5-4-7-17(18)21-26-20(27-28(21)23)15-9-11-16(12-10-15)29(31)32/h4-5,7-12,19H,3,6,13-14H2,1-2H3,(H,24,30)/t19-/m1/s1. The number of para-hydroxylation sites is 1. The second-order valence-electron chi connectivity index (χ2n) is 7.54. The molecule has 0 fully saturated rings. The van der Waals surface area contributed by atoms with Crippen molar-refractivity contribution in [2.24, 2.45) is 0 Å². The van der Waals surface area contributed by atoms with E-state index in [2.05, 4.69) is 10.4 Å².